The van der Waals surface area contributed by atoms with Crippen LogP contribution < -0.4 is 5.73 Å². The number of nitrogens with two attached hydrogens (primary N) is 1. The molecule has 1 heterocycles. The van der Waals surface area contributed by atoms with Gasteiger partial charge in [0.15, 0.2) is 0 Å². The van der Waals surface area contributed by atoms with Gasteiger partial charge >= 0.3 is 5.97 Å². The van der Waals surface area contributed by atoms with Gasteiger partial charge in [0.2, 0.25) is 0 Å². The van der Waals surface area contributed by atoms with Crippen LogP contribution in [0.1, 0.15) is 46.0 Å². The van der Waals surface area contributed by atoms with Crippen LogP contribution in [0.5, 0.6) is 0 Å². The van der Waals surface area contributed by atoms with Gasteiger partial charge < -0.3 is 15.4 Å². The quantitative estimate of drug-likeness (QED) is 0.736. The fourth-order valence-electron chi connectivity index (χ4n) is 2.30. The molecule has 1 saturated heterocycles. The molecule has 106 valence electrons. The zero-order valence-corrected chi connectivity index (χ0v) is 12.1. The number of piperidine rings is 1. The highest BCUT2D eigenvalue weighted by molar-refractivity contribution is 5.69. The Labute approximate surface area is 111 Å². The lowest BCUT2D eigenvalue weighted by Gasteiger charge is -2.29. The van der Waals surface area contributed by atoms with Gasteiger partial charge in [-0.15, -0.1) is 0 Å². The minimum atomic E-state index is -0.0466. The van der Waals surface area contributed by atoms with Crippen molar-refractivity contribution in [2.24, 2.45) is 11.1 Å². The third-order valence-electron chi connectivity index (χ3n) is 3.79. The second-order valence-corrected chi connectivity index (χ2v) is 6.20. The summed E-state index contributed by atoms with van der Waals surface area (Å²) in [6.45, 7) is 7.04. The Morgan fingerprint density at radius 2 is 1.94 bits per heavy atom. The lowest BCUT2D eigenvalue weighted by molar-refractivity contribution is -0.151. The average Bonchev–Trinajstić information content (AvgIpc) is 2.30. The molecule has 0 aliphatic carbocycles. The van der Waals surface area contributed by atoms with Crippen molar-refractivity contribution in [3.05, 3.63) is 0 Å². The number of ether oxygens (including phenoxy) is 1. The molecule has 0 amide bonds. The molecular weight excluding hydrogens is 228 g/mol. The first-order chi connectivity index (χ1) is 8.43. The van der Waals surface area contributed by atoms with E-state index in [1.807, 2.05) is 0 Å². The monoisotopic (exact) mass is 256 g/mol. The zero-order chi connectivity index (χ0) is 13.6. The fraction of sp³-hybridized carbons (Fsp3) is 0.929. The van der Waals surface area contributed by atoms with Crippen molar-refractivity contribution in [1.82, 2.24) is 4.90 Å². The molecule has 0 spiro atoms. The van der Waals surface area contributed by atoms with E-state index in [0.29, 0.717) is 13.0 Å². The lowest BCUT2D eigenvalue weighted by atomic mass is 9.84. The highest BCUT2D eigenvalue weighted by Gasteiger charge is 2.22. The maximum absolute atomic E-state index is 11.8. The molecule has 0 bridgehead atoms. The number of likely N-dealkylation sites (tertiary alicyclic amines) is 1. The van der Waals surface area contributed by atoms with E-state index in [-0.39, 0.29) is 17.5 Å². The van der Waals surface area contributed by atoms with Crippen molar-refractivity contribution in [3.63, 3.8) is 0 Å². The molecule has 1 aliphatic rings. The van der Waals surface area contributed by atoms with Crippen LogP contribution >= 0.6 is 0 Å². The number of esters is 1. The van der Waals surface area contributed by atoms with Crippen LogP contribution in [0.15, 0.2) is 0 Å². The summed E-state index contributed by atoms with van der Waals surface area (Å²) < 4.78 is 5.52. The molecule has 0 atom stereocenters. The first kappa shape index (κ1) is 15.4. The number of rotatable bonds is 6. The second kappa shape index (κ2) is 7.10. The minimum absolute atomic E-state index is 0.0466. The van der Waals surface area contributed by atoms with Gasteiger partial charge in [0.25, 0.3) is 0 Å². The summed E-state index contributed by atoms with van der Waals surface area (Å²) in [7, 11) is 2.10. The molecule has 0 aromatic rings. The summed E-state index contributed by atoms with van der Waals surface area (Å²) in [4.78, 5) is 14.0. The molecule has 18 heavy (non-hydrogen) atoms. The summed E-state index contributed by atoms with van der Waals surface area (Å²) in [6, 6.07) is 0. The first-order valence-electron chi connectivity index (χ1n) is 7.01. The van der Waals surface area contributed by atoms with E-state index in [9.17, 15) is 4.79 Å². The van der Waals surface area contributed by atoms with Gasteiger partial charge in [-0.05, 0) is 44.7 Å². The van der Waals surface area contributed by atoms with Crippen LogP contribution in [-0.4, -0.2) is 43.7 Å². The highest BCUT2D eigenvalue weighted by Crippen LogP contribution is 2.26. The Morgan fingerprint density at radius 3 is 2.50 bits per heavy atom. The van der Waals surface area contributed by atoms with Crippen LogP contribution in [0.3, 0.4) is 0 Å². The first-order valence-corrected chi connectivity index (χ1v) is 7.01. The fourth-order valence-corrected chi connectivity index (χ4v) is 2.30. The molecule has 1 fully saturated rings. The van der Waals surface area contributed by atoms with Crippen molar-refractivity contribution < 1.29 is 9.53 Å². The second-order valence-electron chi connectivity index (χ2n) is 6.20. The van der Waals surface area contributed by atoms with E-state index in [1.54, 1.807) is 0 Å². The standard InChI is InChI=1S/C14H28N2O2/c1-14(2,8-9-15)7-4-13(17)18-12-5-10-16(3)11-6-12/h12H,4-11,15H2,1-3H3. The molecule has 0 radical (unpaired) electrons. The Bertz CT molecular complexity index is 259. The predicted octanol–water partition coefficient (Wildman–Crippen LogP) is 1.78. The van der Waals surface area contributed by atoms with E-state index >= 15 is 0 Å². The topological polar surface area (TPSA) is 55.6 Å². The minimum Gasteiger partial charge on any atom is -0.462 e. The third-order valence-corrected chi connectivity index (χ3v) is 3.79. The molecule has 0 unspecified atom stereocenters. The van der Waals surface area contributed by atoms with Gasteiger partial charge in [-0.2, -0.15) is 0 Å². The number of hydrogen-bond acceptors (Lipinski definition) is 4. The molecule has 0 saturated carbocycles. The van der Waals surface area contributed by atoms with Gasteiger partial charge in [0.05, 0.1) is 0 Å². The van der Waals surface area contributed by atoms with Crippen LogP contribution in [0.4, 0.5) is 0 Å². The van der Waals surface area contributed by atoms with E-state index in [1.165, 1.54) is 0 Å². The summed E-state index contributed by atoms with van der Waals surface area (Å²) in [6.07, 6.45) is 4.39. The molecule has 2 N–H and O–H groups in total. The molecule has 4 nitrogen and oxygen atoms in total. The van der Waals surface area contributed by atoms with Gasteiger partial charge in [-0.1, -0.05) is 13.8 Å². The van der Waals surface area contributed by atoms with Crippen molar-refractivity contribution in [3.8, 4) is 0 Å². The van der Waals surface area contributed by atoms with Crippen molar-refractivity contribution >= 4 is 5.97 Å². The highest BCUT2D eigenvalue weighted by atomic mass is 16.5. The summed E-state index contributed by atoms with van der Waals surface area (Å²) in [5, 5.41) is 0. The molecule has 0 aromatic carbocycles. The number of hydrogen-bond donors (Lipinski definition) is 1. The number of carbonyl (C=O) groups is 1. The van der Waals surface area contributed by atoms with Crippen molar-refractivity contribution in [2.45, 2.75) is 52.1 Å². The molecule has 1 aliphatic heterocycles. The SMILES string of the molecule is CN1CCC(OC(=O)CCC(C)(C)CCN)CC1. The summed E-state index contributed by atoms with van der Waals surface area (Å²) in [5.41, 5.74) is 5.70. The number of carbonyl (C=O) groups excluding carboxylic acids is 1. The smallest absolute Gasteiger partial charge is 0.306 e. The maximum Gasteiger partial charge on any atom is 0.306 e. The van der Waals surface area contributed by atoms with Gasteiger partial charge in [0.1, 0.15) is 6.10 Å². The van der Waals surface area contributed by atoms with Crippen molar-refractivity contribution in [2.75, 3.05) is 26.7 Å². The third kappa shape index (κ3) is 5.83. The van der Waals surface area contributed by atoms with Crippen molar-refractivity contribution in [1.29, 1.82) is 0 Å². The van der Waals surface area contributed by atoms with Gasteiger partial charge in [-0.25, -0.2) is 0 Å². The van der Waals surface area contributed by atoms with E-state index in [2.05, 4.69) is 25.8 Å². The largest absolute Gasteiger partial charge is 0.462 e. The normalized spacial score (nSPS) is 18.9. The Morgan fingerprint density at radius 1 is 1.33 bits per heavy atom. The van der Waals surface area contributed by atoms with E-state index < -0.39 is 0 Å². The Balaban J connectivity index is 2.21. The number of nitrogens with zero attached hydrogens (tertiary/aromatic N) is 1. The molecule has 0 aromatic heterocycles. The predicted molar refractivity (Wildman–Crippen MR) is 73.3 cm³/mol. The van der Waals surface area contributed by atoms with Gasteiger partial charge in [-0.3, -0.25) is 4.79 Å². The zero-order valence-electron chi connectivity index (χ0n) is 12.1. The Kier molecular flexibility index (Phi) is 6.09. The molecular formula is C14H28N2O2. The van der Waals surface area contributed by atoms with Gasteiger partial charge in [0, 0.05) is 19.5 Å². The van der Waals surface area contributed by atoms with Crippen LogP contribution in [0, 0.1) is 5.41 Å². The molecule has 4 heteroatoms. The van der Waals surface area contributed by atoms with Crippen LogP contribution in [0.25, 0.3) is 0 Å². The van der Waals surface area contributed by atoms with E-state index in [0.717, 1.165) is 38.8 Å². The lowest BCUT2D eigenvalue weighted by Crippen LogP contribution is -2.35. The molecule has 1 rings (SSSR count). The van der Waals surface area contributed by atoms with E-state index in [4.69, 9.17) is 10.5 Å². The average molecular weight is 256 g/mol. The summed E-state index contributed by atoms with van der Waals surface area (Å²) >= 11 is 0. The summed E-state index contributed by atoms with van der Waals surface area (Å²) in [5.74, 6) is -0.0466. The maximum atomic E-state index is 11.8. The Hall–Kier alpha value is -0.610. The van der Waals surface area contributed by atoms with Crippen LogP contribution in [-0.2, 0) is 9.53 Å². The van der Waals surface area contributed by atoms with Crippen LogP contribution in [0.2, 0.25) is 0 Å².